The van der Waals surface area contributed by atoms with E-state index in [9.17, 15) is 4.79 Å². The zero-order valence-corrected chi connectivity index (χ0v) is 23.5. The number of rotatable bonds is 6. The summed E-state index contributed by atoms with van der Waals surface area (Å²) in [6.45, 7) is 0. The van der Waals surface area contributed by atoms with Gasteiger partial charge in [0.2, 0.25) is 5.78 Å². The molecular formula is C33H32N4O2S. The minimum absolute atomic E-state index is 0.00311. The molecule has 0 bridgehead atoms. The van der Waals surface area contributed by atoms with E-state index in [1.54, 1.807) is 23.4 Å². The topological polar surface area (TPSA) is 61.4 Å². The monoisotopic (exact) mass is 548 g/mol. The molecule has 202 valence electrons. The molecule has 0 amide bonds. The van der Waals surface area contributed by atoms with Crippen molar-refractivity contribution in [2.75, 3.05) is 12.9 Å². The van der Waals surface area contributed by atoms with Crippen LogP contribution in [0.15, 0.2) is 88.8 Å². The second kappa shape index (κ2) is 10.3. The summed E-state index contributed by atoms with van der Waals surface area (Å²) in [5.74, 6) is 2.03. The Labute approximate surface area is 238 Å². The molecule has 2 heterocycles. The quantitative estimate of drug-likeness (QED) is 0.222. The van der Waals surface area contributed by atoms with Gasteiger partial charge in [-0.1, -0.05) is 97.8 Å². The zero-order chi connectivity index (χ0) is 27.1. The third kappa shape index (κ3) is 4.06. The van der Waals surface area contributed by atoms with E-state index in [4.69, 9.17) is 9.84 Å². The SMILES string of the molecule is COc1ccccc1-n1c(=O)c2c(n3c(SCCc4ccccc4)nnc13)-c1ccccc1CC21CCCCC1. The predicted molar refractivity (Wildman–Crippen MR) is 160 cm³/mol. The van der Waals surface area contributed by atoms with Crippen molar-refractivity contribution in [1.29, 1.82) is 0 Å². The summed E-state index contributed by atoms with van der Waals surface area (Å²) in [6, 6.07) is 26.8. The molecule has 0 unspecified atom stereocenters. The van der Waals surface area contributed by atoms with Gasteiger partial charge in [-0.25, -0.2) is 4.57 Å². The maximum absolute atomic E-state index is 14.8. The number of aromatic nitrogens is 4. The maximum atomic E-state index is 14.8. The van der Waals surface area contributed by atoms with E-state index in [0.29, 0.717) is 17.2 Å². The van der Waals surface area contributed by atoms with E-state index < -0.39 is 0 Å². The molecule has 0 radical (unpaired) electrons. The molecule has 0 N–H and O–H groups in total. The fraction of sp³-hybridized carbons (Fsp3) is 0.303. The number of ether oxygens (including phenoxy) is 1. The van der Waals surface area contributed by atoms with E-state index in [2.05, 4.69) is 58.0 Å². The van der Waals surface area contributed by atoms with Crippen LogP contribution in [0.3, 0.4) is 0 Å². The highest BCUT2D eigenvalue weighted by Crippen LogP contribution is 2.49. The fourth-order valence-electron chi connectivity index (χ4n) is 6.80. The first-order valence-corrected chi connectivity index (χ1v) is 15.1. The van der Waals surface area contributed by atoms with E-state index in [-0.39, 0.29) is 11.0 Å². The van der Waals surface area contributed by atoms with E-state index in [0.717, 1.165) is 66.3 Å². The highest BCUT2D eigenvalue weighted by atomic mass is 32.2. The van der Waals surface area contributed by atoms with Crippen LogP contribution in [0.25, 0.3) is 22.7 Å². The standard InChI is InChI=1S/C33H32N4O2S/c1-39-27-17-9-8-16-26(27)36-30(38)28-29(25-15-7-6-14-24(25)22-33(28)19-10-3-11-20-33)37-31(36)34-35-32(37)40-21-18-23-12-4-2-5-13-23/h2,4-9,12-17H,3,10-11,18-22H2,1H3. The number of benzene rings is 3. The number of fused-ring (bicyclic) bond motifs is 6. The Bertz CT molecular complexity index is 1750. The molecule has 6 nitrogen and oxygen atoms in total. The molecule has 40 heavy (non-hydrogen) atoms. The van der Waals surface area contributed by atoms with Gasteiger partial charge in [0.05, 0.1) is 18.5 Å². The van der Waals surface area contributed by atoms with Crippen molar-refractivity contribution in [1.82, 2.24) is 19.2 Å². The van der Waals surface area contributed by atoms with Gasteiger partial charge >= 0.3 is 0 Å². The Morgan fingerprint density at radius 3 is 2.48 bits per heavy atom. The number of hydrogen-bond donors (Lipinski definition) is 0. The second-order valence-corrected chi connectivity index (χ2v) is 12.0. The van der Waals surface area contributed by atoms with Gasteiger partial charge in [0.15, 0.2) is 5.16 Å². The van der Waals surface area contributed by atoms with Gasteiger partial charge in [0.1, 0.15) is 5.75 Å². The fourth-order valence-corrected chi connectivity index (χ4v) is 7.72. The molecule has 1 saturated carbocycles. The van der Waals surface area contributed by atoms with Crippen molar-refractivity contribution in [2.45, 2.75) is 55.5 Å². The van der Waals surface area contributed by atoms with Crippen LogP contribution in [0.5, 0.6) is 5.75 Å². The first-order chi connectivity index (χ1) is 19.7. The van der Waals surface area contributed by atoms with E-state index in [1.165, 1.54) is 17.5 Å². The molecule has 0 saturated heterocycles. The average Bonchev–Trinajstić information content (AvgIpc) is 3.41. The molecule has 2 aliphatic carbocycles. The normalized spacial score (nSPS) is 15.6. The van der Waals surface area contributed by atoms with Crippen LogP contribution < -0.4 is 10.3 Å². The van der Waals surface area contributed by atoms with Crippen LogP contribution in [0.4, 0.5) is 0 Å². The molecule has 2 aromatic heterocycles. The highest BCUT2D eigenvalue weighted by molar-refractivity contribution is 7.99. The first kappa shape index (κ1) is 25.1. The highest BCUT2D eigenvalue weighted by Gasteiger charge is 2.44. The Morgan fingerprint density at radius 2 is 1.65 bits per heavy atom. The lowest BCUT2D eigenvalue weighted by atomic mass is 9.62. The third-order valence-corrected chi connectivity index (χ3v) is 9.56. The van der Waals surface area contributed by atoms with Crippen LogP contribution in [0, 0.1) is 0 Å². The van der Waals surface area contributed by atoms with Crippen LogP contribution in [-0.4, -0.2) is 32.0 Å². The number of hydrogen-bond acceptors (Lipinski definition) is 5. The molecule has 1 spiro atoms. The Kier molecular flexibility index (Phi) is 6.47. The van der Waals surface area contributed by atoms with E-state index in [1.807, 2.05) is 30.3 Å². The molecular weight excluding hydrogens is 516 g/mol. The second-order valence-electron chi connectivity index (χ2n) is 10.9. The molecule has 0 aliphatic heterocycles. The number of methoxy groups -OCH3 is 1. The van der Waals surface area contributed by atoms with Crippen LogP contribution >= 0.6 is 11.8 Å². The average molecular weight is 549 g/mol. The molecule has 1 fully saturated rings. The van der Waals surface area contributed by atoms with Gasteiger partial charge in [0, 0.05) is 22.3 Å². The van der Waals surface area contributed by atoms with Crippen LogP contribution in [0.1, 0.15) is 48.8 Å². The maximum Gasteiger partial charge on any atom is 0.264 e. The number of para-hydroxylation sites is 2. The van der Waals surface area contributed by atoms with Crippen molar-refractivity contribution >= 4 is 17.5 Å². The van der Waals surface area contributed by atoms with Crippen molar-refractivity contribution in [3.8, 4) is 22.7 Å². The van der Waals surface area contributed by atoms with Gasteiger partial charge in [-0.05, 0) is 48.9 Å². The van der Waals surface area contributed by atoms with Gasteiger partial charge in [-0.3, -0.25) is 9.20 Å². The van der Waals surface area contributed by atoms with Gasteiger partial charge in [-0.15, -0.1) is 10.2 Å². The minimum atomic E-state index is -0.201. The summed E-state index contributed by atoms with van der Waals surface area (Å²) >= 11 is 1.70. The summed E-state index contributed by atoms with van der Waals surface area (Å²) in [4.78, 5) is 14.8. The predicted octanol–water partition coefficient (Wildman–Crippen LogP) is 6.65. The lowest BCUT2D eigenvalue weighted by Crippen LogP contribution is -2.43. The van der Waals surface area contributed by atoms with Gasteiger partial charge in [0.25, 0.3) is 5.56 Å². The Hall–Kier alpha value is -3.84. The first-order valence-electron chi connectivity index (χ1n) is 14.1. The summed E-state index contributed by atoms with van der Waals surface area (Å²) in [7, 11) is 1.65. The van der Waals surface area contributed by atoms with Crippen molar-refractivity contribution < 1.29 is 4.74 Å². The molecule has 5 aromatic rings. The Morgan fingerprint density at radius 1 is 0.900 bits per heavy atom. The zero-order valence-electron chi connectivity index (χ0n) is 22.7. The number of aryl methyl sites for hydroxylation is 1. The minimum Gasteiger partial charge on any atom is -0.495 e. The van der Waals surface area contributed by atoms with Gasteiger partial charge in [-0.2, -0.15) is 0 Å². The smallest absolute Gasteiger partial charge is 0.264 e. The molecule has 7 heteroatoms. The Balaban J connectivity index is 1.51. The molecule has 3 aromatic carbocycles. The summed E-state index contributed by atoms with van der Waals surface area (Å²) in [6.07, 6.45) is 7.33. The molecule has 0 atom stereocenters. The summed E-state index contributed by atoms with van der Waals surface area (Å²) in [5, 5.41) is 10.2. The molecule has 7 rings (SSSR count). The van der Waals surface area contributed by atoms with Crippen LogP contribution in [-0.2, 0) is 18.3 Å². The van der Waals surface area contributed by atoms with E-state index >= 15 is 0 Å². The number of nitrogens with zero attached hydrogens (tertiary/aromatic N) is 4. The summed E-state index contributed by atoms with van der Waals surface area (Å²) < 4.78 is 9.65. The third-order valence-electron chi connectivity index (χ3n) is 8.63. The van der Waals surface area contributed by atoms with Crippen molar-refractivity contribution in [3.63, 3.8) is 0 Å². The van der Waals surface area contributed by atoms with Crippen LogP contribution in [0.2, 0.25) is 0 Å². The van der Waals surface area contributed by atoms with Crippen molar-refractivity contribution in [3.05, 3.63) is 106 Å². The largest absolute Gasteiger partial charge is 0.495 e. The number of thioether (sulfide) groups is 1. The molecule has 2 aliphatic rings. The summed E-state index contributed by atoms with van der Waals surface area (Å²) in [5.41, 5.74) is 6.10. The lowest BCUT2D eigenvalue weighted by molar-refractivity contribution is 0.284. The van der Waals surface area contributed by atoms with Crippen molar-refractivity contribution in [2.24, 2.45) is 0 Å². The lowest BCUT2D eigenvalue weighted by Gasteiger charge is -2.42. The van der Waals surface area contributed by atoms with Gasteiger partial charge < -0.3 is 4.74 Å².